The van der Waals surface area contributed by atoms with E-state index in [-0.39, 0.29) is 0 Å². The average molecular weight is 268 g/mol. The van der Waals surface area contributed by atoms with E-state index in [0.717, 1.165) is 17.4 Å². The molecule has 0 amide bonds. The Morgan fingerprint density at radius 3 is 2.35 bits per heavy atom. The molecule has 0 bridgehead atoms. The van der Waals surface area contributed by atoms with Gasteiger partial charge in [0.25, 0.3) is 0 Å². The number of fused-ring (bicyclic) bond motifs is 1. The van der Waals surface area contributed by atoms with E-state index in [2.05, 4.69) is 37.3 Å². The van der Waals surface area contributed by atoms with E-state index in [1.165, 1.54) is 34.4 Å². The summed E-state index contributed by atoms with van der Waals surface area (Å²) in [6, 6.07) is 12.6. The Morgan fingerprint density at radius 1 is 1.00 bits per heavy atom. The van der Waals surface area contributed by atoms with Crippen LogP contribution in [0.25, 0.3) is 0 Å². The fourth-order valence-electron chi connectivity index (χ4n) is 2.84. The summed E-state index contributed by atoms with van der Waals surface area (Å²) >= 11 is 0. The van der Waals surface area contributed by atoms with Crippen molar-refractivity contribution in [1.82, 2.24) is 0 Å². The molecule has 3 aliphatic rings. The van der Waals surface area contributed by atoms with Crippen LogP contribution in [-0.2, 0) is 6.42 Å². The largest absolute Gasteiger partial charge is 0.497 e. The maximum Gasteiger partial charge on any atom is 0.127 e. The Labute approximate surface area is 119 Å². The van der Waals surface area contributed by atoms with Crippen molar-refractivity contribution in [2.45, 2.75) is 25.7 Å². The first-order valence-corrected chi connectivity index (χ1v) is 7.08. The molecular formula is C18H20O2. The SMILES string of the molecule is COc1cc2ccc1=2.COc1ccc2c(c1)C(C)CC2. The summed E-state index contributed by atoms with van der Waals surface area (Å²) in [6.07, 6.45) is 2.53. The minimum absolute atomic E-state index is 0.718. The lowest BCUT2D eigenvalue weighted by atomic mass is 10.0. The third-order valence-electron chi connectivity index (χ3n) is 4.24. The van der Waals surface area contributed by atoms with E-state index in [1.807, 2.05) is 6.07 Å². The first-order valence-electron chi connectivity index (χ1n) is 7.08. The number of rotatable bonds is 2. The summed E-state index contributed by atoms with van der Waals surface area (Å²) in [7, 11) is 3.42. The zero-order valence-corrected chi connectivity index (χ0v) is 12.3. The molecule has 0 spiro atoms. The highest BCUT2D eigenvalue weighted by Crippen LogP contribution is 2.34. The Balaban J connectivity index is 0.000000131. The number of methoxy groups -OCH3 is 2. The highest BCUT2D eigenvalue weighted by atomic mass is 16.5. The molecule has 104 valence electrons. The Kier molecular flexibility index (Phi) is 3.39. The second-order valence-corrected chi connectivity index (χ2v) is 5.42. The lowest BCUT2D eigenvalue weighted by molar-refractivity contribution is 0.407. The van der Waals surface area contributed by atoms with Crippen molar-refractivity contribution in [2.24, 2.45) is 0 Å². The summed E-state index contributed by atoms with van der Waals surface area (Å²) < 4.78 is 10.2. The number of aryl methyl sites for hydroxylation is 1. The van der Waals surface area contributed by atoms with E-state index in [0.29, 0.717) is 0 Å². The van der Waals surface area contributed by atoms with Crippen LogP contribution in [0.1, 0.15) is 30.4 Å². The highest BCUT2D eigenvalue weighted by molar-refractivity contribution is 5.40. The van der Waals surface area contributed by atoms with E-state index in [4.69, 9.17) is 9.47 Å². The molecule has 1 unspecified atom stereocenters. The maximum absolute atomic E-state index is 5.19. The van der Waals surface area contributed by atoms with Crippen LogP contribution in [0.4, 0.5) is 0 Å². The van der Waals surface area contributed by atoms with E-state index < -0.39 is 0 Å². The first kappa shape index (κ1) is 13.0. The topological polar surface area (TPSA) is 18.5 Å². The van der Waals surface area contributed by atoms with Gasteiger partial charge in [0, 0.05) is 5.22 Å². The zero-order chi connectivity index (χ0) is 14.1. The van der Waals surface area contributed by atoms with Gasteiger partial charge in [-0.3, -0.25) is 0 Å². The van der Waals surface area contributed by atoms with Crippen LogP contribution in [0.2, 0.25) is 0 Å². The normalized spacial score (nSPS) is 16.9. The van der Waals surface area contributed by atoms with Gasteiger partial charge >= 0.3 is 0 Å². The third kappa shape index (κ3) is 2.15. The lowest BCUT2D eigenvalue weighted by Gasteiger charge is -2.08. The summed E-state index contributed by atoms with van der Waals surface area (Å²) in [5.41, 5.74) is 2.98. The average Bonchev–Trinajstić information content (AvgIpc) is 2.83. The molecule has 0 radical (unpaired) electrons. The van der Waals surface area contributed by atoms with E-state index in [9.17, 15) is 0 Å². The van der Waals surface area contributed by atoms with Crippen molar-refractivity contribution < 1.29 is 9.47 Å². The standard InChI is InChI=1S/C11H14O.C7H6O/c1-8-3-4-9-5-6-10(12-2)7-11(8)9;1-8-7-4-5-2-3-6(5)7/h5-8H,3-4H2,1-2H3;2-4H,1H3. The smallest absolute Gasteiger partial charge is 0.127 e. The molecular weight excluding hydrogens is 248 g/mol. The molecule has 0 saturated heterocycles. The van der Waals surface area contributed by atoms with Crippen molar-refractivity contribution in [3.05, 3.63) is 58.0 Å². The van der Waals surface area contributed by atoms with E-state index >= 15 is 0 Å². The van der Waals surface area contributed by atoms with Gasteiger partial charge in [0.1, 0.15) is 11.5 Å². The molecule has 0 fully saturated rings. The molecule has 1 aromatic rings. The van der Waals surface area contributed by atoms with Crippen molar-refractivity contribution >= 4 is 0 Å². The van der Waals surface area contributed by atoms with Crippen LogP contribution in [0.15, 0.2) is 36.4 Å². The minimum Gasteiger partial charge on any atom is -0.497 e. The van der Waals surface area contributed by atoms with Gasteiger partial charge in [-0.05, 0) is 53.3 Å². The summed E-state index contributed by atoms with van der Waals surface area (Å²) in [4.78, 5) is 0. The second kappa shape index (κ2) is 5.20. The number of benzene rings is 2. The van der Waals surface area contributed by atoms with Crippen molar-refractivity contribution in [3.63, 3.8) is 0 Å². The van der Waals surface area contributed by atoms with Gasteiger partial charge in [-0.25, -0.2) is 0 Å². The predicted molar refractivity (Wildman–Crippen MR) is 80.4 cm³/mol. The van der Waals surface area contributed by atoms with Crippen molar-refractivity contribution in [2.75, 3.05) is 14.2 Å². The summed E-state index contributed by atoms with van der Waals surface area (Å²) in [5.74, 6) is 2.74. The molecule has 20 heavy (non-hydrogen) atoms. The Morgan fingerprint density at radius 2 is 1.85 bits per heavy atom. The molecule has 4 rings (SSSR count). The van der Waals surface area contributed by atoms with Gasteiger partial charge < -0.3 is 9.47 Å². The highest BCUT2D eigenvalue weighted by Gasteiger charge is 2.18. The minimum atomic E-state index is 0.718. The fourth-order valence-corrected chi connectivity index (χ4v) is 2.84. The second-order valence-electron chi connectivity index (χ2n) is 5.42. The maximum atomic E-state index is 5.19. The van der Waals surface area contributed by atoms with Gasteiger partial charge in [0.15, 0.2) is 0 Å². The van der Waals surface area contributed by atoms with Crippen LogP contribution >= 0.6 is 0 Å². The van der Waals surface area contributed by atoms with Gasteiger partial charge in [0.2, 0.25) is 0 Å². The monoisotopic (exact) mass is 268 g/mol. The number of hydrogen-bond donors (Lipinski definition) is 0. The van der Waals surface area contributed by atoms with Crippen LogP contribution in [0, 0.1) is 10.4 Å². The summed E-state index contributed by atoms with van der Waals surface area (Å²) in [5, 5.41) is 2.62. The molecule has 2 nitrogen and oxygen atoms in total. The third-order valence-corrected chi connectivity index (χ3v) is 4.24. The van der Waals surface area contributed by atoms with Crippen LogP contribution < -0.4 is 9.47 Å². The molecule has 3 aliphatic carbocycles. The molecule has 0 aliphatic heterocycles. The number of hydrogen-bond acceptors (Lipinski definition) is 2. The van der Waals surface area contributed by atoms with Crippen LogP contribution in [0.3, 0.4) is 0 Å². The Bertz CT molecular complexity index is 719. The quantitative estimate of drug-likeness (QED) is 0.698. The fraction of sp³-hybridized carbons (Fsp3) is 0.333. The molecule has 1 aromatic carbocycles. The van der Waals surface area contributed by atoms with Crippen molar-refractivity contribution in [1.29, 1.82) is 0 Å². The molecule has 0 aromatic heterocycles. The van der Waals surface area contributed by atoms with Gasteiger partial charge in [-0.1, -0.05) is 25.1 Å². The van der Waals surface area contributed by atoms with Crippen molar-refractivity contribution in [3.8, 4) is 11.5 Å². The predicted octanol–water partition coefficient (Wildman–Crippen LogP) is 4.04. The molecule has 0 saturated carbocycles. The van der Waals surface area contributed by atoms with Gasteiger partial charge in [-0.15, -0.1) is 0 Å². The van der Waals surface area contributed by atoms with Gasteiger partial charge in [0.05, 0.1) is 14.2 Å². The molecule has 0 N–H and O–H groups in total. The number of ether oxygens (including phenoxy) is 2. The molecule has 2 heteroatoms. The van der Waals surface area contributed by atoms with Crippen LogP contribution in [0.5, 0.6) is 11.5 Å². The molecule has 1 atom stereocenters. The first-order chi connectivity index (χ1) is 9.72. The van der Waals surface area contributed by atoms with Crippen LogP contribution in [-0.4, -0.2) is 14.2 Å². The zero-order valence-electron chi connectivity index (χ0n) is 12.3. The van der Waals surface area contributed by atoms with E-state index in [1.54, 1.807) is 14.2 Å². The molecule has 0 heterocycles. The van der Waals surface area contributed by atoms with Gasteiger partial charge in [-0.2, -0.15) is 0 Å². The Hall–Kier alpha value is -1.96. The lowest BCUT2D eigenvalue weighted by Crippen LogP contribution is -1.92. The summed E-state index contributed by atoms with van der Waals surface area (Å²) in [6.45, 7) is 2.28.